The maximum atomic E-state index is 9.97. The first-order valence-corrected chi connectivity index (χ1v) is 10.2. The second-order valence-corrected chi connectivity index (χ2v) is 8.25. The van der Waals surface area contributed by atoms with Crippen LogP contribution in [0.4, 0.5) is 0 Å². The lowest BCUT2D eigenvalue weighted by Gasteiger charge is -2.34. The number of hydrogen-bond donors (Lipinski definition) is 1. The molecule has 0 radical (unpaired) electrons. The van der Waals surface area contributed by atoms with Crippen molar-refractivity contribution in [3.05, 3.63) is 65.4 Å². The summed E-state index contributed by atoms with van der Waals surface area (Å²) in [5, 5.41) is 9.97. The van der Waals surface area contributed by atoms with Gasteiger partial charge in [-0.3, -0.25) is 0 Å². The largest absolute Gasteiger partial charge is 0.567 e. The molecule has 1 saturated heterocycles. The summed E-state index contributed by atoms with van der Waals surface area (Å²) in [5.74, 6) is 1.67. The lowest BCUT2D eigenvalue weighted by atomic mass is 9.68. The van der Waals surface area contributed by atoms with Crippen LogP contribution in [0.5, 0.6) is 11.5 Å². The molecule has 4 nitrogen and oxygen atoms in total. The molecule has 2 aromatic carbocycles. The van der Waals surface area contributed by atoms with Crippen LogP contribution in [0.3, 0.4) is 0 Å². The van der Waals surface area contributed by atoms with E-state index in [1.165, 1.54) is 11.1 Å². The van der Waals surface area contributed by atoms with E-state index >= 15 is 0 Å². The molecule has 3 rings (SSSR count). The summed E-state index contributed by atoms with van der Waals surface area (Å²) in [6.45, 7) is 14.2. The average Bonchev–Trinajstić information content (AvgIpc) is 2.98. The normalized spacial score (nSPS) is 16.1. The van der Waals surface area contributed by atoms with Gasteiger partial charge in [0, 0.05) is 10.9 Å². The van der Waals surface area contributed by atoms with E-state index < -0.39 is 12.7 Å². The first-order valence-electron chi connectivity index (χ1n) is 10.2. The number of ether oxygens (including phenoxy) is 1. The molecule has 0 amide bonds. The van der Waals surface area contributed by atoms with Crippen LogP contribution in [0.25, 0.3) is 0 Å². The number of aryl methyl sites for hydroxylation is 1. The minimum atomic E-state index is -0.533. The van der Waals surface area contributed by atoms with Crippen molar-refractivity contribution in [2.75, 3.05) is 7.11 Å². The molecule has 1 heterocycles. The molecule has 0 saturated carbocycles. The van der Waals surface area contributed by atoms with Gasteiger partial charge in [0.25, 0.3) is 0 Å². The minimum absolute atomic E-state index is 0.176. The number of rotatable bonds is 6. The quantitative estimate of drug-likeness (QED) is 0.712. The predicted molar refractivity (Wildman–Crippen MR) is 118 cm³/mol. The summed E-state index contributed by atoms with van der Waals surface area (Å²) < 4.78 is 17.7. The molecule has 1 aliphatic rings. The second kappa shape index (κ2) is 7.79. The molecule has 0 aromatic heterocycles. The van der Waals surface area contributed by atoms with E-state index in [1.807, 2.05) is 32.9 Å². The van der Waals surface area contributed by atoms with Gasteiger partial charge in [-0.15, -0.1) is 0 Å². The summed E-state index contributed by atoms with van der Waals surface area (Å²) in [7, 11) is 1.14. The monoisotopic (exact) mass is 394 g/mol. The van der Waals surface area contributed by atoms with E-state index in [2.05, 4.69) is 38.6 Å². The molecule has 0 unspecified atom stereocenters. The second-order valence-electron chi connectivity index (χ2n) is 8.25. The zero-order valence-corrected chi connectivity index (χ0v) is 18.3. The van der Waals surface area contributed by atoms with Gasteiger partial charge in [-0.1, -0.05) is 44.7 Å². The van der Waals surface area contributed by atoms with Gasteiger partial charge in [0.05, 0.1) is 12.9 Å². The summed E-state index contributed by atoms with van der Waals surface area (Å²) in [4.78, 5) is 0. The molecule has 1 fully saturated rings. The number of phenols is 1. The maximum Gasteiger partial charge on any atom is 0.567 e. The van der Waals surface area contributed by atoms with Crippen LogP contribution in [0, 0.1) is 6.92 Å². The number of benzene rings is 2. The van der Waals surface area contributed by atoms with Gasteiger partial charge in [-0.05, 0) is 62.4 Å². The molecule has 2 aromatic rings. The van der Waals surface area contributed by atoms with E-state index in [-0.39, 0.29) is 5.41 Å². The Labute approximate surface area is 174 Å². The van der Waals surface area contributed by atoms with Crippen LogP contribution in [0.15, 0.2) is 48.7 Å². The van der Waals surface area contributed by atoms with Gasteiger partial charge in [-0.2, -0.15) is 0 Å². The molecule has 5 heteroatoms. The van der Waals surface area contributed by atoms with E-state index in [4.69, 9.17) is 14.0 Å². The van der Waals surface area contributed by atoms with Gasteiger partial charge in [0.1, 0.15) is 17.1 Å². The minimum Gasteiger partial charge on any atom is -0.534 e. The van der Waals surface area contributed by atoms with Crippen LogP contribution in [-0.2, 0) is 14.7 Å². The SMILES string of the molecule is C=C1OB(c2ccc(C(CC)(CC)c3ccc(O)c(C)c3)cc2OC)OC1(C)C. The van der Waals surface area contributed by atoms with Crippen molar-refractivity contribution in [2.45, 2.75) is 58.5 Å². The van der Waals surface area contributed by atoms with E-state index in [0.717, 1.165) is 29.6 Å². The van der Waals surface area contributed by atoms with Crippen molar-refractivity contribution in [1.82, 2.24) is 0 Å². The Morgan fingerprint density at radius 1 is 1.10 bits per heavy atom. The molecule has 1 aliphatic heterocycles. The van der Waals surface area contributed by atoms with Gasteiger partial charge in [-0.25, -0.2) is 0 Å². The van der Waals surface area contributed by atoms with Crippen LogP contribution in [0.1, 0.15) is 57.2 Å². The smallest absolute Gasteiger partial charge is 0.534 e. The van der Waals surface area contributed by atoms with Crippen molar-refractivity contribution in [1.29, 1.82) is 0 Å². The standard InChI is InChI=1S/C24H31BO4/c1-8-24(9-2,18-11-13-21(26)16(3)14-18)19-10-12-20(22(15-19)27-7)25-28-17(4)23(5,6)29-25/h10-15,26H,4,8-9H2,1-3,5-7H3. The van der Waals surface area contributed by atoms with Crippen molar-refractivity contribution >= 4 is 12.6 Å². The topological polar surface area (TPSA) is 47.9 Å². The Hall–Kier alpha value is -2.40. The number of methoxy groups -OCH3 is 1. The number of phenolic OH excluding ortho intramolecular Hbond substituents is 1. The highest BCUT2D eigenvalue weighted by Crippen LogP contribution is 2.41. The van der Waals surface area contributed by atoms with Crippen LogP contribution >= 0.6 is 0 Å². The van der Waals surface area contributed by atoms with Crippen LogP contribution in [-0.4, -0.2) is 24.9 Å². The third kappa shape index (κ3) is 3.64. The number of hydrogen-bond acceptors (Lipinski definition) is 4. The predicted octanol–water partition coefficient (Wildman–Crippen LogP) is 4.85. The molecular formula is C24H31BO4. The highest BCUT2D eigenvalue weighted by molar-refractivity contribution is 6.63. The molecule has 0 aliphatic carbocycles. The molecule has 154 valence electrons. The van der Waals surface area contributed by atoms with Crippen LogP contribution in [0.2, 0.25) is 0 Å². The lowest BCUT2D eigenvalue weighted by molar-refractivity contribution is 0.173. The summed E-state index contributed by atoms with van der Waals surface area (Å²) in [5.41, 5.74) is 3.38. The molecule has 0 bridgehead atoms. The third-order valence-electron chi connectivity index (χ3n) is 6.32. The molecule has 1 N–H and O–H groups in total. The Kier molecular flexibility index (Phi) is 5.73. The summed E-state index contributed by atoms with van der Waals surface area (Å²) in [6.07, 6.45) is 1.85. The van der Waals surface area contributed by atoms with Gasteiger partial charge in [0.15, 0.2) is 0 Å². The zero-order chi connectivity index (χ0) is 21.4. The Balaban J connectivity index is 2.07. The van der Waals surface area contributed by atoms with Gasteiger partial charge >= 0.3 is 7.12 Å². The highest BCUT2D eigenvalue weighted by atomic mass is 16.7. The Morgan fingerprint density at radius 3 is 2.24 bits per heavy atom. The van der Waals surface area contributed by atoms with E-state index in [0.29, 0.717) is 11.5 Å². The summed E-state index contributed by atoms with van der Waals surface area (Å²) >= 11 is 0. The zero-order valence-electron chi connectivity index (χ0n) is 18.3. The molecule has 0 atom stereocenters. The van der Waals surface area contributed by atoms with E-state index in [9.17, 15) is 5.11 Å². The third-order valence-corrected chi connectivity index (χ3v) is 6.32. The Morgan fingerprint density at radius 2 is 1.72 bits per heavy atom. The van der Waals surface area contributed by atoms with Gasteiger partial charge in [0.2, 0.25) is 0 Å². The average molecular weight is 394 g/mol. The Bertz CT molecular complexity index is 915. The fourth-order valence-corrected chi connectivity index (χ4v) is 4.15. The van der Waals surface area contributed by atoms with Crippen molar-refractivity contribution < 1.29 is 19.2 Å². The molecular weight excluding hydrogens is 363 g/mol. The fourth-order valence-electron chi connectivity index (χ4n) is 4.15. The van der Waals surface area contributed by atoms with Crippen molar-refractivity contribution in [2.24, 2.45) is 0 Å². The molecule has 0 spiro atoms. The van der Waals surface area contributed by atoms with Gasteiger partial charge < -0.3 is 19.2 Å². The van der Waals surface area contributed by atoms with Crippen molar-refractivity contribution in [3.63, 3.8) is 0 Å². The first-order chi connectivity index (χ1) is 13.7. The molecule has 29 heavy (non-hydrogen) atoms. The van der Waals surface area contributed by atoms with E-state index in [1.54, 1.807) is 13.2 Å². The fraction of sp³-hybridized carbons (Fsp3) is 0.417. The lowest BCUT2D eigenvalue weighted by Crippen LogP contribution is -2.36. The van der Waals surface area contributed by atoms with Crippen molar-refractivity contribution in [3.8, 4) is 11.5 Å². The van der Waals surface area contributed by atoms with Crippen LogP contribution < -0.4 is 10.2 Å². The summed E-state index contributed by atoms with van der Waals surface area (Å²) in [6, 6.07) is 12.1. The first kappa shape index (κ1) is 21.3. The number of aromatic hydroxyl groups is 1. The highest BCUT2D eigenvalue weighted by Gasteiger charge is 2.44. The maximum absolute atomic E-state index is 9.97.